The van der Waals surface area contributed by atoms with Gasteiger partial charge in [-0.15, -0.1) is 0 Å². The molecular formula is C10H6Cl2O2. The van der Waals surface area contributed by atoms with Gasteiger partial charge in [-0.2, -0.15) is 0 Å². The van der Waals surface area contributed by atoms with Gasteiger partial charge in [0, 0.05) is 5.56 Å². The maximum Gasteiger partial charge on any atom is 0.252 e. The van der Waals surface area contributed by atoms with E-state index in [4.69, 9.17) is 23.2 Å². The molecule has 1 aromatic carbocycles. The minimum Gasteiger partial charge on any atom is -0.276 e. The number of halogens is 2. The Morgan fingerprint density at radius 3 is 2.36 bits per heavy atom. The van der Waals surface area contributed by atoms with Gasteiger partial charge in [0.05, 0.1) is 0 Å². The lowest BCUT2D eigenvalue weighted by atomic mass is 10.1. The normalized spacial score (nSPS) is 10.4. The molecule has 0 aliphatic heterocycles. The molecule has 0 radical (unpaired) electrons. The molecule has 0 aromatic heterocycles. The molecule has 0 atom stereocenters. The first-order valence-corrected chi connectivity index (χ1v) is 4.53. The quantitative estimate of drug-likeness (QED) is 0.589. The van der Waals surface area contributed by atoms with Crippen LogP contribution in [-0.4, -0.2) is 10.5 Å². The zero-order valence-corrected chi connectivity index (χ0v) is 8.55. The Balaban J connectivity index is 3.07. The van der Waals surface area contributed by atoms with Crippen molar-refractivity contribution < 1.29 is 9.59 Å². The Kier molecular flexibility index (Phi) is 3.86. The van der Waals surface area contributed by atoms with Crippen molar-refractivity contribution in [2.24, 2.45) is 0 Å². The second-order valence-electron chi connectivity index (χ2n) is 2.50. The summed E-state index contributed by atoms with van der Waals surface area (Å²) >= 11 is 10.4. The van der Waals surface area contributed by atoms with Crippen LogP contribution < -0.4 is 0 Å². The number of hydrogen-bond donors (Lipinski definition) is 0. The molecule has 0 N–H and O–H groups in total. The summed E-state index contributed by atoms with van der Waals surface area (Å²) in [6, 6.07) is 6.68. The summed E-state index contributed by atoms with van der Waals surface area (Å²) in [6.45, 7) is 0. The molecule has 0 aliphatic carbocycles. The van der Waals surface area contributed by atoms with Crippen molar-refractivity contribution in [1.29, 1.82) is 0 Å². The topological polar surface area (TPSA) is 34.1 Å². The molecule has 14 heavy (non-hydrogen) atoms. The Hall–Kier alpha value is -1.12. The maximum atomic E-state index is 10.9. The van der Waals surface area contributed by atoms with E-state index in [2.05, 4.69) is 0 Å². The molecule has 0 heterocycles. The van der Waals surface area contributed by atoms with Crippen molar-refractivity contribution in [2.45, 2.75) is 0 Å². The molecule has 2 nitrogen and oxygen atoms in total. The third kappa shape index (κ3) is 2.98. The molecule has 0 spiro atoms. The lowest BCUT2D eigenvalue weighted by Gasteiger charge is -1.98. The predicted octanol–water partition coefficient (Wildman–Crippen LogP) is 2.84. The Morgan fingerprint density at radius 1 is 1.14 bits per heavy atom. The second-order valence-corrected chi connectivity index (χ2v) is 3.21. The monoisotopic (exact) mass is 228 g/mol. The zero-order valence-electron chi connectivity index (χ0n) is 7.04. The molecule has 0 saturated carbocycles. The summed E-state index contributed by atoms with van der Waals surface area (Å²) in [5.74, 6) is 0. The molecule has 0 unspecified atom stereocenters. The Labute approximate surface area is 91.1 Å². The summed E-state index contributed by atoms with van der Waals surface area (Å²) in [4.78, 5) is 21.4. The van der Waals surface area contributed by atoms with Crippen LogP contribution in [0.5, 0.6) is 0 Å². The molecule has 72 valence electrons. The molecule has 4 heteroatoms. The first-order chi connectivity index (χ1) is 6.61. The number of allylic oxidation sites excluding steroid dienone is 1. The van der Waals surface area contributed by atoms with Crippen LogP contribution in [0.1, 0.15) is 15.9 Å². The Bertz CT molecular complexity index is 397. The van der Waals surface area contributed by atoms with E-state index in [1.165, 1.54) is 12.2 Å². The average molecular weight is 229 g/mol. The van der Waals surface area contributed by atoms with Gasteiger partial charge in [-0.05, 0) is 47.0 Å². The molecule has 0 aliphatic rings. The summed E-state index contributed by atoms with van der Waals surface area (Å²) in [7, 11) is 0. The number of carbonyl (C=O) groups excluding carboxylic acids is 2. The van der Waals surface area contributed by atoms with E-state index >= 15 is 0 Å². The first-order valence-electron chi connectivity index (χ1n) is 3.77. The number of hydrogen-bond acceptors (Lipinski definition) is 2. The lowest BCUT2D eigenvalue weighted by Crippen LogP contribution is -1.92. The highest BCUT2D eigenvalue weighted by atomic mass is 35.5. The molecule has 1 aromatic rings. The number of rotatable bonds is 3. The van der Waals surface area contributed by atoms with Crippen LogP contribution in [0.2, 0.25) is 0 Å². The lowest BCUT2D eigenvalue weighted by molar-refractivity contribution is -0.107. The van der Waals surface area contributed by atoms with Gasteiger partial charge in [-0.1, -0.05) is 18.2 Å². The van der Waals surface area contributed by atoms with E-state index in [0.29, 0.717) is 11.1 Å². The first kappa shape index (κ1) is 11.0. The molecule has 0 saturated heterocycles. The fraction of sp³-hybridized carbons (Fsp3) is 0. The van der Waals surface area contributed by atoms with E-state index in [1.54, 1.807) is 24.3 Å². The van der Waals surface area contributed by atoms with Crippen LogP contribution in [0.15, 0.2) is 30.3 Å². The second kappa shape index (κ2) is 4.94. The van der Waals surface area contributed by atoms with Crippen LogP contribution in [0.4, 0.5) is 0 Å². The summed E-state index contributed by atoms with van der Waals surface area (Å²) in [5.41, 5.74) is 0.921. The smallest absolute Gasteiger partial charge is 0.252 e. The zero-order chi connectivity index (χ0) is 10.6. The summed E-state index contributed by atoms with van der Waals surface area (Å²) in [5, 5.41) is -1.16. The Morgan fingerprint density at radius 2 is 1.79 bits per heavy atom. The van der Waals surface area contributed by atoms with E-state index in [-0.39, 0.29) is 0 Å². The minimum atomic E-state index is -0.596. The van der Waals surface area contributed by atoms with Gasteiger partial charge in [0.15, 0.2) is 0 Å². The van der Waals surface area contributed by atoms with Gasteiger partial charge in [0.25, 0.3) is 5.24 Å². The highest BCUT2D eigenvalue weighted by molar-refractivity contribution is 6.68. The van der Waals surface area contributed by atoms with Crippen LogP contribution in [-0.2, 0) is 4.79 Å². The van der Waals surface area contributed by atoms with Gasteiger partial charge in [0.1, 0.15) is 0 Å². The number of benzene rings is 1. The minimum absolute atomic E-state index is 0.350. The average Bonchev–Trinajstić information content (AvgIpc) is 2.15. The number of carbonyl (C=O) groups is 2. The summed E-state index contributed by atoms with van der Waals surface area (Å²) < 4.78 is 0. The molecule has 0 bridgehead atoms. The van der Waals surface area contributed by atoms with Crippen LogP contribution in [0.3, 0.4) is 0 Å². The van der Waals surface area contributed by atoms with Gasteiger partial charge in [-0.3, -0.25) is 9.59 Å². The summed E-state index contributed by atoms with van der Waals surface area (Å²) in [6.07, 6.45) is 2.62. The van der Waals surface area contributed by atoms with Gasteiger partial charge >= 0.3 is 0 Å². The van der Waals surface area contributed by atoms with E-state index in [9.17, 15) is 9.59 Å². The van der Waals surface area contributed by atoms with E-state index in [1.807, 2.05) is 0 Å². The molecule has 0 fully saturated rings. The van der Waals surface area contributed by atoms with Gasteiger partial charge in [-0.25, -0.2) is 0 Å². The van der Waals surface area contributed by atoms with Crippen molar-refractivity contribution in [2.75, 3.05) is 0 Å². The van der Waals surface area contributed by atoms with Gasteiger partial charge in [0.2, 0.25) is 5.24 Å². The van der Waals surface area contributed by atoms with Crippen molar-refractivity contribution in [3.05, 3.63) is 41.5 Å². The molecule has 0 amide bonds. The fourth-order valence-corrected chi connectivity index (χ4v) is 1.21. The van der Waals surface area contributed by atoms with E-state index < -0.39 is 10.5 Å². The largest absolute Gasteiger partial charge is 0.276 e. The maximum absolute atomic E-state index is 10.9. The molecular weight excluding hydrogens is 223 g/mol. The SMILES string of the molecule is O=C(Cl)/C=C/c1ccccc1C(=O)Cl. The third-order valence-corrected chi connectivity index (χ3v) is 1.90. The fourth-order valence-electron chi connectivity index (χ4n) is 0.977. The van der Waals surface area contributed by atoms with Crippen LogP contribution in [0, 0.1) is 0 Å². The molecule has 1 rings (SSSR count). The van der Waals surface area contributed by atoms with E-state index in [0.717, 1.165) is 0 Å². The highest BCUT2D eigenvalue weighted by Gasteiger charge is 2.05. The third-order valence-electron chi connectivity index (χ3n) is 1.57. The highest BCUT2D eigenvalue weighted by Crippen LogP contribution is 2.13. The van der Waals surface area contributed by atoms with Gasteiger partial charge < -0.3 is 0 Å². The van der Waals surface area contributed by atoms with Crippen molar-refractivity contribution in [3.8, 4) is 0 Å². The van der Waals surface area contributed by atoms with Crippen LogP contribution in [0.25, 0.3) is 6.08 Å². The predicted molar refractivity (Wildman–Crippen MR) is 56.5 cm³/mol. The van der Waals surface area contributed by atoms with Crippen LogP contribution >= 0.6 is 23.2 Å². The standard InChI is InChI=1S/C10H6Cl2O2/c11-9(13)6-5-7-3-1-2-4-8(7)10(12)14/h1-6H/b6-5+. The van der Waals surface area contributed by atoms with Crippen molar-refractivity contribution in [3.63, 3.8) is 0 Å². The van der Waals surface area contributed by atoms with Crippen molar-refractivity contribution >= 4 is 39.8 Å². The van der Waals surface area contributed by atoms with Crippen molar-refractivity contribution in [1.82, 2.24) is 0 Å².